The maximum absolute atomic E-state index is 13.8. The Morgan fingerprint density at radius 3 is 2.71 bits per heavy atom. The van der Waals surface area contributed by atoms with E-state index in [1.54, 1.807) is 0 Å². The average Bonchev–Trinajstić information content (AvgIpc) is 2.63. The normalized spacial score (nSPS) is 22.4. The van der Waals surface area contributed by atoms with E-state index in [0.29, 0.717) is 12.8 Å². The first kappa shape index (κ1) is 15.4. The molecule has 1 amide bonds. The zero-order valence-corrected chi connectivity index (χ0v) is 11.4. The fourth-order valence-electron chi connectivity index (χ4n) is 2.50. The zero-order valence-electron chi connectivity index (χ0n) is 11.4. The number of rotatable bonds is 3. The second-order valence-electron chi connectivity index (χ2n) is 5.21. The van der Waals surface area contributed by atoms with Crippen molar-refractivity contribution < 1.29 is 19.2 Å². The summed E-state index contributed by atoms with van der Waals surface area (Å²) in [5.41, 5.74) is -0.657. The largest absolute Gasteiger partial charge is 0.391 e. The van der Waals surface area contributed by atoms with Crippen LogP contribution < -0.4 is 5.32 Å². The number of nitro benzene ring substituents is 1. The van der Waals surface area contributed by atoms with Crippen LogP contribution in [0.15, 0.2) is 18.2 Å². The third-order valence-electron chi connectivity index (χ3n) is 3.70. The molecule has 1 aromatic carbocycles. The first-order valence-electron chi connectivity index (χ1n) is 6.92. The van der Waals surface area contributed by atoms with Gasteiger partial charge in [0.15, 0.2) is 0 Å². The van der Waals surface area contributed by atoms with Crippen molar-refractivity contribution in [1.82, 2.24) is 5.32 Å². The Balaban J connectivity index is 2.11. The molecule has 0 aliphatic heterocycles. The molecule has 1 fully saturated rings. The summed E-state index contributed by atoms with van der Waals surface area (Å²) in [6.07, 6.45) is 3.40. The summed E-state index contributed by atoms with van der Waals surface area (Å²) in [6.45, 7) is 0. The molecule has 2 unspecified atom stereocenters. The smallest absolute Gasteiger partial charge is 0.272 e. The summed E-state index contributed by atoms with van der Waals surface area (Å²) < 4.78 is 13.8. The minimum absolute atomic E-state index is 0.253. The number of aliphatic hydroxyl groups is 1. The van der Waals surface area contributed by atoms with Crippen LogP contribution >= 0.6 is 0 Å². The Hall–Kier alpha value is -2.02. The molecule has 114 valence electrons. The van der Waals surface area contributed by atoms with Gasteiger partial charge in [-0.1, -0.05) is 19.3 Å². The van der Waals surface area contributed by atoms with Gasteiger partial charge in [-0.15, -0.1) is 0 Å². The highest BCUT2D eigenvalue weighted by molar-refractivity contribution is 5.94. The highest BCUT2D eigenvalue weighted by atomic mass is 19.1. The fourth-order valence-corrected chi connectivity index (χ4v) is 2.50. The monoisotopic (exact) mass is 296 g/mol. The van der Waals surface area contributed by atoms with E-state index in [-0.39, 0.29) is 5.56 Å². The molecule has 0 spiro atoms. The molecule has 0 heterocycles. The van der Waals surface area contributed by atoms with Gasteiger partial charge in [0.2, 0.25) is 0 Å². The van der Waals surface area contributed by atoms with Crippen molar-refractivity contribution in [3.8, 4) is 0 Å². The molecule has 1 aromatic rings. The second-order valence-corrected chi connectivity index (χ2v) is 5.21. The summed E-state index contributed by atoms with van der Waals surface area (Å²) in [4.78, 5) is 21.9. The summed E-state index contributed by atoms with van der Waals surface area (Å²) in [7, 11) is 0. The lowest BCUT2D eigenvalue weighted by atomic mass is 10.1. The maximum Gasteiger partial charge on any atom is 0.272 e. The molecular formula is C14H17FN2O4. The maximum atomic E-state index is 13.8. The number of hydrogen-bond donors (Lipinski definition) is 2. The van der Waals surface area contributed by atoms with Crippen LogP contribution in [0.4, 0.5) is 10.1 Å². The van der Waals surface area contributed by atoms with Gasteiger partial charge < -0.3 is 10.4 Å². The molecule has 2 atom stereocenters. The lowest BCUT2D eigenvalue weighted by molar-refractivity contribution is -0.385. The van der Waals surface area contributed by atoms with Crippen LogP contribution in [0.25, 0.3) is 0 Å². The number of non-ortho nitro benzene ring substituents is 1. The van der Waals surface area contributed by atoms with Crippen LogP contribution in [0.1, 0.15) is 42.5 Å². The first-order chi connectivity index (χ1) is 9.99. The van der Waals surface area contributed by atoms with Crippen molar-refractivity contribution in [3.05, 3.63) is 39.7 Å². The Morgan fingerprint density at radius 2 is 2.05 bits per heavy atom. The van der Waals surface area contributed by atoms with Crippen molar-refractivity contribution in [2.24, 2.45) is 0 Å². The van der Waals surface area contributed by atoms with E-state index >= 15 is 0 Å². The minimum atomic E-state index is -0.940. The van der Waals surface area contributed by atoms with E-state index in [2.05, 4.69) is 5.32 Å². The molecule has 1 aliphatic rings. The van der Waals surface area contributed by atoms with Gasteiger partial charge in [0, 0.05) is 6.07 Å². The van der Waals surface area contributed by atoms with Gasteiger partial charge in [-0.3, -0.25) is 14.9 Å². The predicted octanol–water partition coefficient (Wildman–Crippen LogP) is 2.16. The summed E-state index contributed by atoms with van der Waals surface area (Å²) in [5, 5.41) is 23.1. The zero-order chi connectivity index (χ0) is 15.4. The van der Waals surface area contributed by atoms with Crippen LogP contribution in [0, 0.1) is 15.9 Å². The van der Waals surface area contributed by atoms with E-state index in [9.17, 15) is 24.4 Å². The standard InChI is InChI=1S/C14H17FN2O4/c15-11-8-9(17(20)21)6-7-10(11)14(19)16-12-4-2-1-3-5-13(12)18/h6-8,12-13,18H,1-5H2,(H,16,19). The van der Waals surface area contributed by atoms with E-state index in [0.717, 1.165) is 37.5 Å². The summed E-state index contributed by atoms with van der Waals surface area (Å²) in [5.74, 6) is -1.60. The van der Waals surface area contributed by atoms with E-state index < -0.39 is 34.5 Å². The number of benzene rings is 1. The third-order valence-corrected chi connectivity index (χ3v) is 3.70. The van der Waals surface area contributed by atoms with E-state index in [4.69, 9.17) is 0 Å². The molecule has 0 aromatic heterocycles. The number of amides is 1. The second kappa shape index (κ2) is 6.62. The van der Waals surface area contributed by atoms with Crippen LogP contribution in [0.2, 0.25) is 0 Å². The number of carbonyl (C=O) groups excluding carboxylic acids is 1. The molecule has 0 saturated heterocycles. The SMILES string of the molecule is O=C(NC1CCCCCC1O)c1ccc([N+](=O)[O-])cc1F. The Labute approximate surface area is 121 Å². The number of aliphatic hydroxyl groups excluding tert-OH is 1. The molecular weight excluding hydrogens is 279 g/mol. The molecule has 6 nitrogen and oxygen atoms in total. The number of carbonyl (C=O) groups is 1. The lowest BCUT2D eigenvalue weighted by Gasteiger charge is -2.21. The van der Waals surface area contributed by atoms with Crippen molar-refractivity contribution in [1.29, 1.82) is 0 Å². The van der Waals surface area contributed by atoms with Crippen molar-refractivity contribution in [3.63, 3.8) is 0 Å². The van der Waals surface area contributed by atoms with Gasteiger partial charge in [-0.25, -0.2) is 4.39 Å². The molecule has 0 radical (unpaired) electrons. The molecule has 2 rings (SSSR count). The molecule has 1 saturated carbocycles. The van der Waals surface area contributed by atoms with Gasteiger partial charge in [-0.2, -0.15) is 0 Å². The molecule has 2 N–H and O–H groups in total. The lowest BCUT2D eigenvalue weighted by Crippen LogP contribution is -2.42. The van der Waals surface area contributed by atoms with Gasteiger partial charge >= 0.3 is 0 Å². The minimum Gasteiger partial charge on any atom is -0.391 e. The van der Waals surface area contributed by atoms with Crippen LogP contribution in [-0.4, -0.2) is 28.1 Å². The summed E-state index contributed by atoms with van der Waals surface area (Å²) >= 11 is 0. The Kier molecular flexibility index (Phi) is 4.85. The summed E-state index contributed by atoms with van der Waals surface area (Å²) in [6, 6.07) is 2.49. The Bertz CT molecular complexity index is 550. The topological polar surface area (TPSA) is 92.5 Å². The predicted molar refractivity (Wildman–Crippen MR) is 73.4 cm³/mol. The van der Waals surface area contributed by atoms with Crippen LogP contribution in [0.5, 0.6) is 0 Å². The van der Waals surface area contributed by atoms with E-state index in [1.807, 2.05) is 0 Å². The van der Waals surface area contributed by atoms with E-state index in [1.165, 1.54) is 0 Å². The number of nitrogens with one attached hydrogen (secondary N) is 1. The number of nitro groups is 1. The van der Waals surface area contributed by atoms with Crippen molar-refractivity contribution in [2.75, 3.05) is 0 Å². The van der Waals surface area contributed by atoms with Crippen molar-refractivity contribution in [2.45, 2.75) is 44.2 Å². The van der Waals surface area contributed by atoms with Crippen LogP contribution in [0.3, 0.4) is 0 Å². The van der Waals surface area contributed by atoms with Crippen molar-refractivity contribution >= 4 is 11.6 Å². The molecule has 0 bridgehead atoms. The first-order valence-corrected chi connectivity index (χ1v) is 6.92. The van der Waals surface area contributed by atoms with Gasteiger partial charge in [-0.05, 0) is 18.9 Å². The highest BCUT2D eigenvalue weighted by Crippen LogP contribution is 2.20. The molecule has 1 aliphatic carbocycles. The van der Waals surface area contributed by atoms with Gasteiger partial charge in [0.25, 0.3) is 11.6 Å². The number of halogens is 1. The van der Waals surface area contributed by atoms with Crippen LogP contribution in [-0.2, 0) is 0 Å². The van der Waals surface area contributed by atoms with Gasteiger partial charge in [0.05, 0.1) is 28.7 Å². The average molecular weight is 296 g/mol. The molecule has 7 heteroatoms. The number of nitrogens with zero attached hydrogens (tertiary/aromatic N) is 1. The highest BCUT2D eigenvalue weighted by Gasteiger charge is 2.25. The fraction of sp³-hybridized carbons (Fsp3) is 0.500. The Morgan fingerprint density at radius 1 is 1.33 bits per heavy atom. The third kappa shape index (κ3) is 3.75. The molecule has 21 heavy (non-hydrogen) atoms. The quantitative estimate of drug-likeness (QED) is 0.508. The van der Waals surface area contributed by atoms with Gasteiger partial charge in [0.1, 0.15) is 5.82 Å². The number of hydrogen-bond acceptors (Lipinski definition) is 4.